The van der Waals surface area contributed by atoms with E-state index in [1.807, 2.05) is 7.05 Å². The predicted octanol–water partition coefficient (Wildman–Crippen LogP) is 4.87. The Kier molecular flexibility index (Phi) is 10.1. The highest BCUT2D eigenvalue weighted by Crippen LogP contribution is 2.25. The first kappa shape index (κ1) is 22.6. The number of hydrogen-bond acceptors (Lipinski definition) is 2. The van der Waals surface area contributed by atoms with Gasteiger partial charge in [-0.3, -0.25) is 0 Å². The van der Waals surface area contributed by atoms with Gasteiger partial charge in [-0.25, -0.2) is 0 Å². The molecule has 0 amide bonds. The van der Waals surface area contributed by atoms with Gasteiger partial charge in [-0.05, 0) is 50.7 Å². The molecule has 1 aromatic rings. The second-order valence-electron chi connectivity index (χ2n) is 5.28. The van der Waals surface area contributed by atoms with Gasteiger partial charge in [0.15, 0.2) is 0 Å². The van der Waals surface area contributed by atoms with Crippen molar-refractivity contribution in [3.05, 3.63) is 65.9 Å². The number of alkyl halides is 3. The molecule has 0 aliphatic heterocycles. The van der Waals surface area contributed by atoms with Crippen molar-refractivity contribution in [2.75, 3.05) is 13.6 Å². The Hall–Kier alpha value is -2.45. The number of terminal acetylenes is 1. The standard InChI is InChI=1S/C16H14F3N.C4H11N/c1-5-14-7-6-8-15(10-14)13(4)20-12(3)9-11(2)16(17,18)19;1-3-4-5-2/h1,6-10,20H,2,4H2,3H3;5H,3-4H2,1-2H3/b12-9+;. The fourth-order valence-electron chi connectivity index (χ4n) is 1.74. The molecular weight excluding hydrogens is 325 g/mol. The van der Waals surface area contributed by atoms with Crippen LogP contribution >= 0.6 is 0 Å². The Labute approximate surface area is 148 Å². The Morgan fingerprint density at radius 3 is 2.40 bits per heavy atom. The van der Waals surface area contributed by atoms with Gasteiger partial charge in [-0.15, -0.1) is 6.42 Å². The van der Waals surface area contributed by atoms with Crippen molar-refractivity contribution in [1.82, 2.24) is 10.6 Å². The maximum atomic E-state index is 12.4. The van der Waals surface area contributed by atoms with Crippen LogP contribution < -0.4 is 10.6 Å². The first-order valence-electron chi connectivity index (χ1n) is 7.77. The average molecular weight is 350 g/mol. The van der Waals surface area contributed by atoms with Crippen molar-refractivity contribution in [1.29, 1.82) is 0 Å². The van der Waals surface area contributed by atoms with Crippen LogP contribution in [-0.2, 0) is 0 Å². The SMILES string of the molecule is C#Cc1cccc(C(=C)N/C(C)=C/C(=C)C(F)(F)F)c1.CCCNC. The van der Waals surface area contributed by atoms with Crippen LogP contribution in [0.2, 0.25) is 0 Å². The normalized spacial score (nSPS) is 11.0. The maximum Gasteiger partial charge on any atom is 0.415 e. The quantitative estimate of drug-likeness (QED) is 0.565. The summed E-state index contributed by atoms with van der Waals surface area (Å²) in [6.45, 7) is 11.5. The van der Waals surface area contributed by atoms with Gasteiger partial charge in [-0.2, -0.15) is 13.2 Å². The summed E-state index contributed by atoms with van der Waals surface area (Å²) in [5.74, 6) is 2.48. The molecular formula is C20H25F3N2. The molecule has 25 heavy (non-hydrogen) atoms. The van der Waals surface area contributed by atoms with Crippen LogP contribution in [0, 0.1) is 12.3 Å². The molecule has 2 N–H and O–H groups in total. The highest BCUT2D eigenvalue weighted by atomic mass is 19.4. The molecule has 0 aromatic heterocycles. The highest BCUT2D eigenvalue weighted by molar-refractivity contribution is 5.64. The smallest absolute Gasteiger partial charge is 0.359 e. The number of allylic oxidation sites excluding steroid dienone is 3. The summed E-state index contributed by atoms with van der Waals surface area (Å²) >= 11 is 0. The number of hydrogen-bond donors (Lipinski definition) is 2. The van der Waals surface area contributed by atoms with Crippen LogP contribution in [0.3, 0.4) is 0 Å². The van der Waals surface area contributed by atoms with Crippen molar-refractivity contribution in [3.63, 3.8) is 0 Å². The average Bonchev–Trinajstić information content (AvgIpc) is 2.55. The van der Waals surface area contributed by atoms with Crippen molar-refractivity contribution < 1.29 is 13.2 Å². The Morgan fingerprint density at radius 1 is 1.32 bits per heavy atom. The van der Waals surface area contributed by atoms with E-state index in [4.69, 9.17) is 6.42 Å². The summed E-state index contributed by atoms with van der Waals surface area (Å²) in [6, 6.07) is 7.00. The zero-order chi connectivity index (χ0) is 19.5. The summed E-state index contributed by atoms with van der Waals surface area (Å²) in [6.07, 6.45) is 3.01. The molecule has 1 aromatic carbocycles. The van der Waals surface area contributed by atoms with Crippen molar-refractivity contribution >= 4 is 5.70 Å². The third-order valence-corrected chi connectivity index (χ3v) is 2.98. The lowest BCUT2D eigenvalue weighted by Crippen LogP contribution is -2.13. The lowest BCUT2D eigenvalue weighted by atomic mass is 10.1. The molecule has 0 fully saturated rings. The van der Waals surface area contributed by atoms with Crippen LogP contribution in [-0.4, -0.2) is 19.8 Å². The van der Waals surface area contributed by atoms with Gasteiger partial charge in [0.2, 0.25) is 0 Å². The topological polar surface area (TPSA) is 24.1 Å². The summed E-state index contributed by atoms with van der Waals surface area (Å²) in [5, 5.41) is 5.81. The van der Waals surface area contributed by atoms with Crippen molar-refractivity contribution in [2.45, 2.75) is 26.4 Å². The lowest BCUT2D eigenvalue weighted by molar-refractivity contribution is -0.0879. The summed E-state index contributed by atoms with van der Waals surface area (Å²) in [7, 11) is 1.96. The largest absolute Gasteiger partial charge is 0.415 e. The van der Waals surface area contributed by atoms with Crippen LogP contribution in [0.15, 0.2) is 54.8 Å². The maximum absolute atomic E-state index is 12.4. The molecule has 5 heteroatoms. The Morgan fingerprint density at radius 2 is 1.96 bits per heavy atom. The molecule has 0 unspecified atom stereocenters. The third kappa shape index (κ3) is 9.43. The number of halogens is 3. The van der Waals surface area contributed by atoms with E-state index < -0.39 is 11.7 Å². The van der Waals surface area contributed by atoms with E-state index in [0.717, 1.165) is 12.6 Å². The van der Waals surface area contributed by atoms with Crippen molar-refractivity contribution in [2.24, 2.45) is 0 Å². The Bertz CT molecular complexity index is 648. The number of benzene rings is 1. The van der Waals surface area contributed by atoms with Gasteiger partial charge in [0.05, 0.1) is 5.57 Å². The fourth-order valence-corrected chi connectivity index (χ4v) is 1.74. The van der Waals surface area contributed by atoms with Crippen molar-refractivity contribution in [3.8, 4) is 12.3 Å². The van der Waals surface area contributed by atoms with Crippen LogP contribution in [0.25, 0.3) is 5.70 Å². The monoisotopic (exact) mass is 350 g/mol. The zero-order valence-electron chi connectivity index (χ0n) is 14.9. The summed E-state index contributed by atoms with van der Waals surface area (Å²) in [4.78, 5) is 0. The molecule has 0 spiro atoms. The fraction of sp³-hybridized carbons (Fsp3) is 0.300. The molecule has 136 valence electrons. The van der Waals surface area contributed by atoms with E-state index in [-0.39, 0.29) is 0 Å². The number of rotatable bonds is 6. The molecule has 2 nitrogen and oxygen atoms in total. The van der Waals surface area contributed by atoms with Gasteiger partial charge >= 0.3 is 6.18 Å². The minimum absolute atomic E-state index is 0.295. The number of nitrogens with one attached hydrogen (secondary N) is 2. The van der Waals surface area contributed by atoms with E-state index in [2.05, 4.69) is 36.6 Å². The molecule has 0 atom stereocenters. The minimum Gasteiger partial charge on any atom is -0.359 e. The molecule has 0 aliphatic rings. The Balaban J connectivity index is 0.00000101. The van der Waals surface area contributed by atoms with Gasteiger partial charge in [0.1, 0.15) is 0 Å². The highest BCUT2D eigenvalue weighted by Gasteiger charge is 2.30. The zero-order valence-corrected chi connectivity index (χ0v) is 14.9. The van der Waals surface area contributed by atoms with Crippen LogP contribution in [0.5, 0.6) is 0 Å². The van der Waals surface area contributed by atoms with E-state index >= 15 is 0 Å². The predicted molar refractivity (Wildman–Crippen MR) is 99.7 cm³/mol. The molecule has 0 radical (unpaired) electrons. The second-order valence-corrected chi connectivity index (χ2v) is 5.28. The molecule has 0 heterocycles. The second kappa shape index (κ2) is 11.2. The van der Waals surface area contributed by atoms with E-state index in [1.54, 1.807) is 24.3 Å². The van der Waals surface area contributed by atoms with E-state index in [9.17, 15) is 13.2 Å². The first-order chi connectivity index (χ1) is 11.6. The van der Waals surface area contributed by atoms with Gasteiger partial charge in [0, 0.05) is 17.0 Å². The van der Waals surface area contributed by atoms with Gasteiger partial charge in [-0.1, -0.05) is 38.1 Å². The lowest BCUT2D eigenvalue weighted by Gasteiger charge is -2.12. The first-order valence-corrected chi connectivity index (χ1v) is 7.77. The van der Waals surface area contributed by atoms with E-state index in [0.29, 0.717) is 22.5 Å². The summed E-state index contributed by atoms with van der Waals surface area (Å²) < 4.78 is 37.1. The molecule has 0 bridgehead atoms. The van der Waals surface area contributed by atoms with Crippen LogP contribution in [0.4, 0.5) is 13.2 Å². The molecule has 0 aliphatic carbocycles. The summed E-state index contributed by atoms with van der Waals surface area (Å²) in [5.41, 5.74) is 1.22. The molecule has 1 rings (SSSR count). The van der Waals surface area contributed by atoms with E-state index in [1.165, 1.54) is 13.3 Å². The van der Waals surface area contributed by atoms with Crippen LogP contribution in [0.1, 0.15) is 31.4 Å². The third-order valence-electron chi connectivity index (χ3n) is 2.98. The minimum atomic E-state index is -4.44. The van der Waals surface area contributed by atoms with Gasteiger partial charge < -0.3 is 10.6 Å². The molecule has 0 saturated heterocycles. The molecule has 0 saturated carbocycles. The van der Waals surface area contributed by atoms with Gasteiger partial charge in [0.25, 0.3) is 0 Å².